The zero-order valence-electron chi connectivity index (χ0n) is 9.86. The lowest BCUT2D eigenvalue weighted by atomic mass is 10.1. The summed E-state index contributed by atoms with van der Waals surface area (Å²) in [6, 6.07) is 12.5. The Balaban J connectivity index is 1.85. The lowest BCUT2D eigenvalue weighted by Gasteiger charge is -2.19. The minimum absolute atomic E-state index is 0.204. The highest BCUT2D eigenvalue weighted by Crippen LogP contribution is 2.28. The second kappa shape index (κ2) is 4.31. The largest absolute Gasteiger partial charge is 0.399 e. The Morgan fingerprint density at radius 2 is 2.11 bits per heavy atom. The molecule has 0 bridgehead atoms. The van der Waals surface area contributed by atoms with Gasteiger partial charge < -0.3 is 10.7 Å². The quantitative estimate of drug-likeness (QED) is 0.796. The number of benzene rings is 2. The Kier molecular flexibility index (Phi) is 2.64. The number of anilines is 2. The van der Waals surface area contributed by atoms with E-state index < -0.39 is 0 Å². The smallest absolute Gasteiger partial charge is 0.123 e. The van der Waals surface area contributed by atoms with E-state index in [0.717, 1.165) is 23.5 Å². The lowest BCUT2D eigenvalue weighted by molar-refractivity contribution is 0.620. The molecule has 3 rings (SSSR count). The number of rotatable bonds is 2. The zero-order chi connectivity index (χ0) is 12.5. The Morgan fingerprint density at radius 3 is 2.94 bits per heavy atom. The van der Waals surface area contributed by atoms with Crippen molar-refractivity contribution < 1.29 is 4.39 Å². The minimum Gasteiger partial charge on any atom is -0.399 e. The molecule has 2 aromatic rings. The number of nitrogens with one attached hydrogen (secondary N) is 1. The van der Waals surface area contributed by atoms with E-state index >= 15 is 0 Å². The number of hydrogen-bond acceptors (Lipinski definition) is 3. The number of halogens is 1. The van der Waals surface area contributed by atoms with E-state index in [-0.39, 0.29) is 5.82 Å². The Hall–Kier alpha value is -2.07. The monoisotopic (exact) mass is 243 g/mol. The normalized spacial score (nSPS) is 13.7. The molecule has 4 heteroatoms. The van der Waals surface area contributed by atoms with Crippen LogP contribution >= 0.6 is 0 Å². The Bertz CT molecular complexity index is 583. The molecule has 0 aromatic heterocycles. The molecule has 0 aliphatic carbocycles. The third-order valence-electron chi connectivity index (χ3n) is 3.08. The van der Waals surface area contributed by atoms with Crippen molar-refractivity contribution in [1.29, 1.82) is 0 Å². The van der Waals surface area contributed by atoms with Crippen LogP contribution in [0.2, 0.25) is 0 Å². The van der Waals surface area contributed by atoms with Crippen LogP contribution in [0.25, 0.3) is 0 Å². The lowest BCUT2D eigenvalue weighted by Crippen LogP contribution is -2.31. The molecule has 2 aromatic carbocycles. The van der Waals surface area contributed by atoms with Crippen LogP contribution in [0, 0.1) is 5.82 Å². The summed E-state index contributed by atoms with van der Waals surface area (Å²) in [5, 5.41) is 2.02. The van der Waals surface area contributed by atoms with Crippen molar-refractivity contribution in [2.24, 2.45) is 0 Å². The second-order valence-corrected chi connectivity index (χ2v) is 4.44. The van der Waals surface area contributed by atoms with E-state index in [1.165, 1.54) is 11.6 Å². The first-order valence-electron chi connectivity index (χ1n) is 5.86. The zero-order valence-corrected chi connectivity index (χ0v) is 9.86. The summed E-state index contributed by atoms with van der Waals surface area (Å²) in [4.78, 5) is 0. The first kappa shape index (κ1) is 11.0. The van der Waals surface area contributed by atoms with E-state index in [9.17, 15) is 4.39 Å². The summed E-state index contributed by atoms with van der Waals surface area (Å²) in [6.07, 6.45) is 0. The molecule has 1 aliphatic rings. The van der Waals surface area contributed by atoms with Crippen molar-refractivity contribution >= 4 is 11.4 Å². The van der Waals surface area contributed by atoms with Gasteiger partial charge in [-0.05, 0) is 41.5 Å². The van der Waals surface area contributed by atoms with Crippen molar-refractivity contribution in [1.82, 2.24) is 5.43 Å². The van der Waals surface area contributed by atoms with Crippen molar-refractivity contribution in [3.05, 3.63) is 59.4 Å². The third kappa shape index (κ3) is 2.02. The van der Waals surface area contributed by atoms with Gasteiger partial charge in [0, 0.05) is 12.2 Å². The molecule has 1 aliphatic heterocycles. The minimum atomic E-state index is -0.204. The third-order valence-corrected chi connectivity index (χ3v) is 3.08. The van der Waals surface area contributed by atoms with E-state index in [0.29, 0.717) is 6.54 Å². The van der Waals surface area contributed by atoms with Gasteiger partial charge in [-0.2, -0.15) is 0 Å². The number of hydrazine groups is 1. The predicted molar refractivity (Wildman–Crippen MR) is 70.3 cm³/mol. The number of nitrogens with two attached hydrogens (primary N) is 1. The van der Waals surface area contributed by atoms with Gasteiger partial charge in [0.15, 0.2) is 0 Å². The van der Waals surface area contributed by atoms with Crippen molar-refractivity contribution in [2.45, 2.75) is 13.1 Å². The SMILES string of the molecule is Nc1ccc2c(c1)CNN2Cc1cccc(F)c1. The molecule has 0 unspecified atom stereocenters. The van der Waals surface area contributed by atoms with Crippen molar-refractivity contribution in [2.75, 3.05) is 10.7 Å². The fraction of sp³-hybridized carbons (Fsp3) is 0.143. The van der Waals surface area contributed by atoms with E-state index in [1.807, 2.05) is 29.3 Å². The van der Waals surface area contributed by atoms with Gasteiger partial charge in [-0.25, -0.2) is 9.82 Å². The summed E-state index contributed by atoms with van der Waals surface area (Å²) in [6.45, 7) is 1.39. The maximum Gasteiger partial charge on any atom is 0.123 e. The van der Waals surface area contributed by atoms with Gasteiger partial charge in [0.2, 0.25) is 0 Å². The average molecular weight is 243 g/mol. The van der Waals surface area contributed by atoms with Gasteiger partial charge in [0.1, 0.15) is 5.82 Å². The Labute approximate surface area is 105 Å². The van der Waals surface area contributed by atoms with E-state index in [2.05, 4.69) is 5.43 Å². The number of nitrogen functional groups attached to an aromatic ring is 1. The molecule has 18 heavy (non-hydrogen) atoms. The highest BCUT2D eigenvalue weighted by atomic mass is 19.1. The number of hydrogen-bond donors (Lipinski definition) is 2. The maximum atomic E-state index is 13.1. The topological polar surface area (TPSA) is 41.3 Å². The molecule has 0 radical (unpaired) electrons. The molecule has 3 nitrogen and oxygen atoms in total. The molecule has 0 atom stereocenters. The van der Waals surface area contributed by atoms with Gasteiger partial charge in [-0.1, -0.05) is 12.1 Å². The molecule has 0 fully saturated rings. The van der Waals surface area contributed by atoms with Gasteiger partial charge in [0.05, 0.1) is 12.2 Å². The van der Waals surface area contributed by atoms with Crippen LogP contribution in [0.5, 0.6) is 0 Å². The van der Waals surface area contributed by atoms with Crippen LogP contribution in [0.3, 0.4) is 0 Å². The summed E-state index contributed by atoms with van der Waals surface area (Å²) < 4.78 is 13.1. The highest BCUT2D eigenvalue weighted by Gasteiger charge is 2.18. The van der Waals surface area contributed by atoms with Crippen LogP contribution in [0.15, 0.2) is 42.5 Å². The molecule has 3 N–H and O–H groups in total. The maximum absolute atomic E-state index is 13.1. The second-order valence-electron chi connectivity index (χ2n) is 4.44. The van der Waals surface area contributed by atoms with Gasteiger partial charge >= 0.3 is 0 Å². The molecule has 0 saturated heterocycles. The standard InChI is InChI=1S/C14H14FN3/c15-12-3-1-2-10(6-12)9-18-14-5-4-13(16)7-11(14)8-17-18/h1-7,17H,8-9,16H2. The van der Waals surface area contributed by atoms with Gasteiger partial charge in [-0.3, -0.25) is 0 Å². The number of fused-ring (bicyclic) bond motifs is 1. The van der Waals surface area contributed by atoms with Gasteiger partial charge in [-0.15, -0.1) is 0 Å². The molecule has 92 valence electrons. The van der Waals surface area contributed by atoms with Crippen LogP contribution in [-0.2, 0) is 13.1 Å². The fourth-order valence-corrected chi connectivity index (χ4v) is 2.24. The van der Waals surface area contributed by atoms with Crippen molar-refractivity contribution in [3.8, 4) is 0 Å². The summed E-state index contributed by atoms with van der Waals surface area (Å²) >= 11 is 0. The number of nitrogens with zero attached hydrogens (tertiary/aromatic N) is 1. The first-order valence-corrected chi connectivity index (χ1v) is 5.86. The first-order chi connectivity index (χ1) is 8.72. The summed E-state index contributed by atoms with van der Waals surface area (Å²) in [5.74, 6) is -0.204. The van der Waals surface area contributed by atoms with Crippen LogP contribution in [0.1, 0.15) is 11.1 Å². The molecule has 0 amide bonds. The molecule has 1 heterocycles. The van der Waals surface area contributed by atoms with Crippen LogP contribution in [0.4, 0.5) is 15.8 Å². The predicted octanol–water partition coefficient (Wildman–Crippen LogP) is 2.43. The average Bonchev–Trinajstić information content (AvgIpc) is 2.72. The van der Waals surface area contributed by atoms with Crippen LogP contribution in [-0.4, -0.2) is 0 Å². The fourth-order valence-electron chi connectivity index (χ4n) is 2.24. The van der Waals surface area contributed by atoms with E-state index in [1.54, 1.807) is 12.1 Å². The van der Waals surface area contributed by atoms with E-state index in [4.69, 9.17) is 5.73 Å². The Morgan fingerprint density at radius 1 is 1.22 bits per heavy atom. The summed E-state index contributed by atoms with van der Waals surface area (Å²) in [7, 11) is 0. The van der Waals surface area contributed by atoms with Gasteiger partial charge in [0.25, 0.3) is 0 Å². The molecule has 0 spiro atoms. The molecular formula is C14H14FN3. The van der Waals surface area contributed by atoms with Crippen molar-refractivity contribution in [3.63, 3.8) is 0 Å². The highest BCUT2D eigenvalue weighted by molar-refractivity contribution is 5.61. The molecular weight excluding hydrogens is 229 g/mol. The molecule has 0 saturated carbocycles. The summed E-state index contributed by atoms with van der Waals surface area (Å²) in [5.41, 5.74) is 13.0. The van der Waals surface area contributed by atoms with Crippen LogP contribution < -0.4 is 16.2 Å².